The van der Waals surface area contributed by atoms with Crippen LogP contribution in [0, 0.1) is 5.82 Å². The molecule has 0 unspecified atom stereocenters. The number of rotatable bonds is 19. The van der Waals surface area contributed by atoms with Gasteiger partial charge >= 0.3 is 0 Å². The Balaban J connectivity index is 1.64. The minimum Gasteiger partial charge on any atom is -0.491 e. The first-order chi connectivity index (χ1) is 16.2. The van der Waals surface area contributed by atoms with E-state index in [1.165, 1.54) is 89.0 Å². The van der Waals surface area contributed by atoms with Crippen molar-refractivity contribution in [1.29, 1.82) is 0 Å². The molecule has 184 valence electrons. The number of halogens is 1. The standard InChI is InChI=1S/C30H46FNO/c1-3-5-7-9-10-11-12-13-15-17-23-33-30-22-20-27(24-28(30)31)29-21-19-26(25-32-29)18-16-14-8-6-4-2/h19-22,24-25H,3-18,23H2,1-2H3. The molecular weight excluding hydrogens is 409 g/mol. The summed E-state index contributed by atoms with van der Waals surface area (Å²) in [4.78, 5) is 4.56. The summed E-state index contributed by atoms with van der Waals surface area (Å²) in [6.07, 6.45) is 22.2. The van der Waals surface area contributed by atoms with Gasteiger partial charge in [0.15, 0.2) is 11.6 Å². The topological polar surface area (TPSA) is 22.1 Å². The van der Waals surface area contributed by atoms with Gasteiger partial charge in [-0.3, -0.25) is 4.98 Å². The minimum absolute atomic E-state index is 0.304. The van der Waals surface area contributed by atoms with Crippen LogP contribution in [-0.2, 0) is 6.42 Å². The van der Waals surface area contributed by atoms with E-state index in [-0.39, 0.29) is 5.82 Å². The third-order valence-electron chi connectivity index (χ3n) is 6.38. The molecule has 0 amide bonds. The number of unbranched alkanes of at least 4 members (excludes halogenated alkanes) is 13. The van der Waals surface area contributed by atoms with Crippen LogP contribution < -0.4 is 4.74 Å². The highest BCUT2D eigenvalue weighted by atomic mass is 19.1. The number of aryl methyl sites for hydroxylation is 1. The zero-order chi connectivity index (χ0) is 23.6. The number of aromatic nitrogens is 1. The van der Waals surface area contributed by atoms with Crippen molar-refractivity contribution in [1.82, 2.24) is 4.98 Å². The van der Waals surface area contributed by atoms with E-state index in [1.807, 2.05) is 18.3 Å². The maximum absolute atomic E-state index is 14.5. The molecule has 0 fully saturated rings. The van der Waals surface area contributed by atoms with Crippen LogP contribution in [0.4, 0.5) is 4.39 Å². The van der Waals surface area contributed by atoms with Gasteiger partial charge in [0.05, 0.1) is 12.3 Å². The first-order valence-corrected chi connectivity index (χ1v) is 13.6. The van der Waals surface area contributed by atoms with Gasteiger partial charge in [-0.2, -0.15) is 0 Å². The zero-order valence-electron chi connectivity index (χ0n) is 21.2. The molecule has 0 radical (unpaired) electrons. The van der Waals surface area contributed by atoms with Gasteiger partial charge in [0.1, 0.15) is 0 Å². The lowest BCUT2D eigenvalue weighted by molar-refractivity contribution is 0.290. The zero-order valence-corrected chi connectivity index (χ0v) is 21.2. The Kier molecular flexibility index (Phi) is 14.6. The van der Waals surface area contributed by atoms with Gasteiger partial charge < -0.3 is 4.74 Å². The van der Waals surface area contributed by atoms with Crippen LogP contribution in [-0.4, -0.2) is 11.6 Å². The van der Waals surface area contributed by atoms with Gasteiger partial charge in [-0.05, 0) is 49.1 Å². The molecule has 1 aromatic carbocycles. The van der Waals surface area contributed by atoms with Crippen molar-refractivity contribution in [2.45, 2.75) is 117 Å². The van der Waals surface area contributed by atoms with Crippen LogP contribution in [0.15, 0.2) is 36.5 Å². The fraction of sp³-hybridized carbons (Fsp3) is 0.633. The summed E-state index contributed by atoms with van der Waals surface area (Å²) in [7, 11) is 0. The Labute approximate surface area is 202 Å². The van der Waals surface area contributed by atoms with Gasteiger partial charge in [0.2, 0.25) is 0 Å². The van der Waals surface area contributed by atoms with Crippen molar-refractivity contribution in [3.05, 3.63) is 47.9 Å². The summed E-state index contributed by atoms with van der Waals surface area (Å²) in [5.41, 5.74) is 2.87. The summed E-state index contributed by atoms with van der Waals surface area (Å²) in [6.45, 7) is 5.08. The molecule has 0 bridgehead atoms. The number of ether oxygens (including phenoxy) is 1. The second-order valence-electron chi connectivity index (χ2n) is 9.39. The van der Waals surface area contributed by atoms with E-state index in [0.29, 0.717) is 12.4 Å². The minimum atomic E-state index is -0.304. The largest absolute Gasteiger partial charge is 0.491 e. The normalized spacial score (nSPS) is 11.1. The number of hydrogen-bond donors (Lipinski definition) is 0. The van der Waals surface area contributed by atoms with Crippen molar-refractivity contribution < 1.29 is 9.13 Å². The van der Waals surface area contributed by atoms with Crippen molar-refractivity contribution in [3.8, 4) is 17.0 Å². The molecule has 1 aromatic heterocycles. The highest BCUT2D eigenvalue weighted by Crippen LogP contribution is 2.25. The average Bonchev–Trinajstić information content (AvgIpc) is 2.83. The fourth-order valence-electron chi connectivity index (χ4n) is 4.22. The maximum Gasteiger partial charge on any atom is 0.165 e. The molecule has 0 aliphatic rings. The Bertz CT molecular complexity index is 743. The van der Waals surface area contributed by atoms with Gasteiger partial charge in [-0.25, -0.2) is 4.39 Å². The Morgan fingerprint density at radius 1 is 0.697 bits per heavy atom. The smallest absolute Gasteiger partial charge is 0.165 e. The van der Waals surface area contributed by atoms with Crippen molar-refractivity contribution in [2.75, 3.05) is 6.61 Å². The van der Waals surface area contributed by atoms with E-state index in [0.717, 1.165) is 30.5 Å². The van der Waals surface area contributed by atoms with E-state index >= 15 is 0 Å². The summed E-state index contributed by atoms with van der Waals surface area (Å²) in [5.74, 6) is 0.0414. The summed E-state index contributed by atoms with van der Waals surface area (Å²) >= 11 is 0. The molecule has 33 heavy (non-hydrogen) atoms. The quantitative estimate of drug-likeness (QED) is 0.197. The van der Waals surface area contributed by atoms with Gasteiger partial charge in [0.25, 0.3) is 0 Å². The molecule has 0 saturated heterocycles. The van der Waals surface area contributed by atoms with Crippen LogP contribution in [0.5, 0.6) is 5.75 Å². The molecule has 0 aliphatic carbocycles. The highest BCUT2D eigenvalue weighted by molar-refractivity contribution is 5.60. The number of hydrogen-bond acceptors (Lipinski definition) is 2. The fourth-order valence-corrected chi connectivity index (χ4v) is 4.22. The molecule has 0 atom stereocenters. The molecule has 0 spiro atoms. The van der Waals surface area contributed by atoms with E-state index in [1.54, 1.807) is 12.1 Å². The number of pyridine rings is 1. The van der Waals surface area contributed by atoms with Crippen LogP contribution in [0.2, 0.25) is 0 Å². The lowest BCUT2D eigenvalue weighted by Gasteiger charge is -2.09. The lowest BCUT2D eigenvalue weighted by atomic mass is 10.1. The molecule has 0 N–H and O–H groups in total. The Morgan fingerprint density at radius 2 is 1.30 bits per heavy atom. The predicted molar refractivity (Wildman–Crippen MR) is 139 cm³/mol. The second-order valence-corrected chi connectivity index (χ2v) is 9.39. The molecule has 2 aromatic rings. The van der Waals surface area contributed by atoms with Gasteiger partial charge in [-0.15, -0.1) is 0 Å². The number of nitrogens with zero attached hydrogens (tertiary/aromatic N) is 1. The van der Waals surface area contributed by atoms with Crippen LogP contribution in [0.25, 0.3) is 11.3 Å². The van der Waals surface area contributed by atoms with Crippen LogP contribution in [0.1, 0.15) is 116 Å². The monoisotopic (exact) mass is 455 g/mol. The molecule has 2 nitrogen and oxygen atoms in total. The molecule has 0 saturated carbocycles. The first kappa shape index (κ1) is 27.3. The van der Waals surface area contributed by atoms with E-state index in [4.69, 9.17) is 4.74 Å². The first-order valence-electron chi connectivity index (χ1n) is 13.6. The Hall–Kier alpha value is -1.90. The Morgan fingerprint density at radius 3 is 1.88 bits per heavy atom. The van der Waals surface area contributed by atoms with Crippen LogP contribution >= 0.6 is 0 Å². The van der Waals surface area contributed by atoms with Crippen molar-refractivity contribution in [3.63, 3.8) is 0 Å². The van der Waals surface area contributed by atoms with Crippen molar-refractivity contribution >= 4 is 0 Å². The third-order valence-corrected chi connectivity index (χ3v) is 6.38. The van der Waals surface area contributed by atoms with E-state index in [9.17, 15) is 4.39 Å². The van der Waals surface area contributed by atoms with Crippen LogP contribution in [0.3, 0.4) is 0 Å². The molecule has 0 aliphatic heterocycles. The summed E-state index contributed by atoms with van der Waals surface area (Å²) in [5, 5.41) is 0. The molecule has 3 heteroatoms. The molecule has 2 rings (SSSR count). The van der Waals surface area contributed by atoms with E-state index in [2.05, 4.69) is 24.9 Å². The van der Waals surface area contributed by atoms with E-state index < -0.39 is 0 Å². The maximum atomic E-state index is 14.5. The predicted octanol–water partition coefficient (Wildman–Crippen LogP) is 9.70. The lowest BCUT2D eigenvalue weighted by Crippen LogP contribution is -1.99. The summed E-state index contributed by atoms with van der Waals surface area (Å²) < 4.78 is 20.2. The average molecular weight is 456 g/mol. The SMILES string of the molecule is CCCCCCCCCCCCOc1ccc(-c2ccc(CCCCCCC)cn2)cc1F. The molecular formula is C30H46FNO. The van der Waals surface area contributed by atoms with Gasteiger partial charge in [0, 0.05) is 11.8 Å². The summed E-state index contributed by atoms with van der Waals surface area (Å²) in [6, 6.07) is 9.31. The van der Waals surface area contributed by atoms with Crippen molar-refractivity contribution in [2.24, 2.45) is 0 Å². The second kappa shape index (κ2) is 17.6. The van der Waals surface area contributed by atoms with Gasteiger partial charge in [-0.1, -0.05) is 103 Å². The highest BCUT2D eigenvalue weighted by Gasteiger charge is 2.08. The molecule has 1 heterocycles. The number of benzene rings is 1. The third kappa shape index (κ3) is 11.7.